The second-order valence-corrected chi connectivity index (χ2v) is 11.9. The summed E-state index contributed by atoms with van der Waals surface area (Å²) in [6.45, 7) is 12.6. The molecule has 2 amide bonds. The summed E-state index contributed by atoms with van der Waals surface area (Å²) in [5, 5.41) is 14.1. The summed E-state index contributed by atoms with van der Waals surface area (Å²) >= 11 is 3.18. The molecule has 2 aromatic rings. The standard InChI is InChI=1S/C22H28N6OS2.C7H13NO2/c1-5-18-10-17(23)8-9-28(18)22(29)16-6-7-20(25-11-16)26-13-30-12-19(24-4)21-14(2)27-15(3)31-21;1-10-6-5-8-4-2-3-7(8)9/h6-7,11-12,18,23H,4-5,8-10,13H2,1-3H3,(H,25,26);2-6H2,1H3/b19-12-,23-17?;/t18-;/m0./s1. The van der Waals surface area contributed by atoms with Gasteiger partial charge in [0.15, 0.2) is 0 Å². The highest BCUT2D eigenvalue weighted by Crippen LogP contribution is 2.28. The lowest BCUT2D eigenvalue weighted by Crippen LogP contribution is -2.46. The molecule has 4 rings (SSSR count). The van der Waals surface area contributed by atoms with Crippen LogP contribution in [0.25, 0.3) is 5.70 Å². The van der Waals surface area contributed by atoms with Gasteiger partial charge in [0.1, 0.15) is 5.82 Å². The SMILES string of the molecule is C=N/C(=C\SCNc1ccc(C(=O)N2CCC(=N)C[C@@H]2CC)cn1)c1sc(C)nc1C.COCCN1CCCC1=O. The third-order valence-corrected chi connectivity index (χ3v) is 8.69. The van der Waals surface area contributed by atoms with Gasteiger partial charge in [-0.2, -0.15) is 0 Å². The molecule has 4 heterocycles. The molecule has 10 nitrogen and oxygen atoms in total. The van der Waals surface area contributed by atoms with Crippen molar-refractivity contribution in [3.63, 3.8) is 0 Å². The Morgan fingerprint density at radius 1 is 1.34 bits per heavy atom. The van der Waals surface area contributed by atoms with Crippen molar-refractivity contribution in [3.8, 4) is 0 Å². The molecular formula is C29H41N7O3S2. The van der Waals surface area contributed by atoms with Crippen LogP contribution in [0.5, 0.6) is 0 Å². The van der Waals surface area contributed by atoms with Crippen LogP contribution in [0.2, 0.25) is 0 Å². The average molecular weight is 600 g/mol. The smallest absolute Gasteiger partial charge is 0.255 e. The summed E-state index contributed by atoms with van der Waals surface area (Å²) in [4.78, 5) is 41.6. The van der Waals surface area contributed by atoms with Crippen LogP contribution in [0.1, 0.15) is 65.0 Å². The predicted molar refractivity (Wildman–Crippen MR) is 169 cm³/mol. The van der Waals surface area contributed by atoms with Crippen molar-refractivity contribution in [3.05, 3.63) is 44.9 Å². The number of thioether (sulfide) groups is 1. The zero-order valence-electron chi connectivity index (χ0n) is 24.4. The number of nitrogens with zero attached hydrogens (tertiary/aromatic N) is 5. The molecule has 0 bridgehead atoms. The summed E-state index contributed by atoms with van der Waals surface area (Å²) in [6.07, 6.45) is 5.54. The monoisotopic (exact) mass is 599 g/mol. The maximum absolute atomic E-state index is 12.9. The quantitative estimate of drug-likeness (QED) is 0.205. The minimum Gasteiger partial charge on any atom is -0.383 e. The number of amides is 2. The Morgan fingerprint density at radius 3 is 2.73 bits per heavy atom. The van der Waals surface area contributed by atoms with E-state index >= 15 is 0 Å². The third kappa shape index (κ3) is 9.47. The lowest BCUT2D eigenvalue weighted by Gasteiger charge is -2.35. The number of carbonyl (C=O) groups is 2. The number of anilines is 1. The fourth-order valence-electron chi connectivity index (χ4n) is 4.67. The van der Waals surface area contributed by atoms with E-state index in [-0.39, 0.29) is 17.9 Å². The van der Waals surface area contributed by atoms with E-state index in [2.05, 4.69) is 33.9 Å². The van der Waals surface area contributed by atoms with Gasteiger partial charge in [0, 0.05) is 64.0 Å². The number of rotatable bonds is 11. The van der Waals surface area contributed by atoms with E-state index in [1.165, 1.54) is 0 Å². The van der Waals surface area contributed by atoms with Gasteiger partial charge in [0.05, 0.1) is 39.3 Å². The number of hydrogen-bond acceptors (Lipinski definition) is 10. The predicted octanol–water partition coefficient (Wildman–Crippen LogP) is 5.25. The molecule has 222 valence electrons. The average Bonchev–Trinajstić information content (AvgIpc) is 3.54. The molecule has 0 aliphatic carbocycles. The molecule has 2 aromatic heterocycles. The topological polar surface area (TPSA) is 124 Å². The van der Waals surface area contributed by atoms with E-state index in [4.69, 9.17) is 10.1 Å². The number of methoxy groups -OCH3 is 1. The molecule has 0 aromatic carbocycles. The van der Waals surface area contributed by atoms with Gasteiger partial charge in [-0.25, -0.2) is 9.97 Å². The number of thiazole rings is 1. The molecule has 0 radical (unpaired) electrons. The number of ether oxygens (including phenoxy) is 1. The highest BCUT2D eigenvalue weighted by atomic mass is 32.2. The molecule has 0 unspecified atom stereocenters. The van der Waals surface area contributed by atoms with Gasteiger partial charge in [-0.3, -0.25) is 14.6 Å². The van der Waals surface area contributed by atoms with Crippen molar-refractivity contribution in [1.82, 2.24) is 19.8 Å². The second kappa shape index (κ2) is 16.4. The number of piperidine rings is 1. The zero-order chi connectivity index (χ0) is 29.8. The number of pyridine rings is 1. The molecule has 0 saturated carbocycles. The Balaban J connectivity index is 0.000000389. The summed E-state index contributed by atoms with van der Waals surface area (Å²) < 4.78 is 4.86. The Bertz CT molecular complexity index is 1230. The van der Waals surface area contributed by atoms with E-state index in [1.807, 2.05) is 41.2 Å². The minimum absolute atomic E-state index is 0.00683. The molecule has 2 N–H and O–H groups in total. The minimum atomic E-state index is -0.00683. The Morgan fingerprint density at radius 2 is 2.15 bits per heavy atom. The van der Waals surface area contributed by atoms with Crippen molar-refractivity contribution in [2.45, 2.75) is 58.9 Å². The van der Waals surface area contributed by atoms with E-state index in [9.17, 15) is 9.59 Å². The Hall–Kier alpha value is -3.09. The van der Waals surface area contributed by atoms with E-state index in [0.29, 0.717) is 43.3 Å². The summed E-state index contributed by atoms with van der Waals surface area (Å²) in [5.41, 5.74) is 3.10. The van der Waals surface area contributed by atoms with Crippen LogP contribution < -0.4 is 5.32 Å². The third-order valence-electron chi connectivity index (χ3n) is 6.89. The van der Waals surface area contributed by atoms with Crippen LogP contribution in [0, 0.1) is 19.3 Å². The molecule has 2 aliphatic rings. The normalized spacial score (nSPS) is 17.4. The van der Waals surface area contributed by atoms with E-state index in [1.54, 1.807) is 36.4 Å². The van der Waals surface area contributed by atoms with Crippen LogP contribution in [0.15, 0.2) is 28.7 Å². The van der Waals surface area contributed by atoms with Gasteiger partial charge in [-0.15, -0.1) is 23.1 Å². The van der Waals surface area contributed by atoms with Crippen molar-refractivity contribution in [2.75, 3.05) is 44.5 Å². The number of hydrogen-bond donors (Lipinski definition) is 2. The maximum atomic E-state index is 12.9. The number of aliphatic imine (C=N–C) groups is 1. The molecule has 0 spiro atoms. The van der Waals surface area contributed by atoms with Crippen molar-refractivity contribution < 1.29 is 14.3 Å². The Labute approximate surface area is 251 Å². The summed E-state index contributed by atoms with van der Waals surface area (Å²) in [5.74, 6) is 1.59. The molecule has 2 aliphatic heterocycles. The maximum Gasteiger partial charge on any atom is 0.255 e. The zero-order valence-corrected chi connectivity index (χ0v) is 26.1. The number of aryl methyl sites for hydroxylation is 2. The molecule has 2 fully saturated rings. The largest absolute Gasteiger partial charge is 0.383 e. The number of aromatic nitrogens is 2. The molecular weight excluding hydrogens is 558 g/mol. The van der Waals surface area contributed by atoms with Gasteiger partial charge in [0.2, 0.25) is 5.91 Å². The number of likely N-dealkylation sites (tertiary alicyclic amines) is 2. The molecule has 12 heteroatoms. The highest BCUT2D eigenvalue weighted by Gasteiger charge is 2.28. The second-order valence-electron chi connectivity index (χ2n) is 9.82. The fourth-order valence-corrected chi connectivity index (χ4v) is 6.31. The highest BCUT2D eigenvalue weighted by molar-refractivity contribution is 8.02. The van der Waals surface area contributed by atoms with Crippen LogP contribution in [0.3, 0.4) is 0 Å². The van der Waals surface area contributed by atoms with Gasteiger partial charge in [0.25, 0.3) is 5.91 Å². The summed E-state index contributed by atoms with van der Waals surface area (Å²) in [6, 6.07) is 3.74. The number of carbonyl (C=O) groups excluding carboxylic acids is 2. The first kappa shape index (κ1) is 32.4. The van der Waals surface area contributed by atoms with Gasteiger partial charge in [-0.05, 0) is 50.9 Å². The summed E-state index contributed by atoms with van der Waals surface area (Å²) in [7, 11) is 1.65. The van der Waals surface area contributed by atoms with Crippen molar-refractivity contribution in [1.29, 1.82) is 5.41 Å². The lowest BCUT2D eigenvalue weighted by molar-refractivity contribution is -0.128. The molecule has 2 saturated heterocycles. The van der Waals surface area contributed by atoms with Crippen LogP contribution in [-0.2, 0) is 9.53 Å². The van der Waals surface area contributed by atoms with Crippen LogP contribution in [0.4, 0.5) is 5.82 Å². The lowest BCUT2D eigenvalue weighted by atomic mass is 9.97. The first-order valence-electron chi connectivity index (χ1n) is 13.8. The Kier molecular flexibility index (Phi) is 13.0. The number of nitrogens with one attached hydrogen (secondary N) is 2. The van der Waals surface area contributed by atoms with Gasteiger partial charge in [-0.1, -0.05) is 6.92 Å². The van der Waals surface area contributed by atoms with Crippen LogP contribution in [-0.4, -0.2) is 89.3 Å². The van der Waals surface area contributed by atoms with Crippen molar-refractivity contribution in [2.24, 2.45) is 4.99 Å². The fraction of sp³-hybridized carbons (Fsp3) is 0.517. The van der Waals surface area contributed by atoms with Crippen LogP contribution >= 0.6 is 23.1 Å². The first-order chi connectivity index (χ1) is 19.8. The first-order valence-corrected chi connectivity index (χ1v) is 15.7. The van der Waals surface area contributed by atoms with Crippen molar-refractivity contribution >= 4 is 58.9 Å². The molecule has 1 atom stereocenters. The molecule has 41 heavy (non-hydrogen) atoms. The van der Waals surface area contributed by atoms with E-state index in [0.717, 1.165) is 59.3 Å². The van der Waals surface area contributed by atoms with E-state index < -0.39 is 0 Å². The van der Waals surface area contributed by atoms with Gasteiger partial charge < -0.3 is 25.3 Å². The van der Waals surface area contributed by atoms with Gasteiger partial charge >= 0.3 is 0 Å².